The number of phenolic OH excluding ortho intramolecular Hbond substituents is 1. The molecule has 0 bridgehead atoms. The zero-order valence-electron chi connectivity index (χ0n) is 9.97. The Hall–Kier alpha value is -1.10. The van der Waals surface area contributed by atoms with Gasteiger partial charge < -0.3 is 15.5 Å². The fraction of sp³-hybridized carbons (Fsp3) is 0.538. The zero-order valence-corrected chi connectivity index (χ0v) is 9.97. The highest BCUT2D eigenvalue weighted by Gasteiger charge is 2.21. The van der Waals surface area contributed by atoms with Crippen molar-refractivity contribution in [3.8, 4) is 5.75 Å². The molecule has 0 aliphatic carbocycles. The predicted octanol–water partition coefficient (Wildman–Crippen LogP) is 0.721. The molecule has 4 nitrogen and oxygen atoms in total. The minimum absolute atomic E-state index is 0.190. The summed E-state index contributed by atoms with van der Waals surface area (Å²) in [6, 6.07) is 7.56. The van der Waals surface area contributed by atoms with Crippen molar-refractivity contribution in [3.63, 3.8) is 0 Å². The van der Waals surface area contributed by atoms with Crippen molar-refractivity contribution in [2.75, 3.05) is 32.8 Å². The minimum Gasteiger partial charge on any atom is -0.508 e. The Labute approximate surface area is 102 Å². The van der Waals surface area contributed by atoms with E-state index >= 15 is 0 Å². The van der Waals surface area contributed by atoms with E-state index < -0.39 is 0 Å². The second-order valence-electron chi connectivity index (χ2n) is 4.41. The van der Waals surface area contributed by atoms with E-state index in [0.29, 0.717) is 0 Å². The van der Waals surface area contributed by atoms with Crippen molar-refractivity contribution in [2.45, 2.75) is 12.5 Å². The van der Waals surface area contributed by atoms with E-state index in [1.807, 2.05) is 12.1 Å². The molecule has 2 rings (SSSR count). The van der Waals surface area contributed by atoms with E-state index in [-0.39, 0.29) is 18.4 Å². The molecule has 1 aromatic carbocycles. The Kier molecular flexibility index (Phi) is 4.36. The highest BCUT2D eigenvalue weighted by molar-refractivity contribution is 5.28. The van der Waals surface area contributed by atoms with Crippen LogP contribution in [0.3, 0.4) is 0 Å². The fourth-order valence-corrected chi connectivity index (χ4v) is 2.37. The summed E-state index contributed by atoms with van der Waals surface area (Å²) in [6.45, 7) is 4.20. The van der Waals surface area contributed by atoms with Crippen molar-refractivity contribution in [1.29, 1.82) is 0 Å². The Bertz CT molecular complexity index is 334. The molecule has 1 aliphatic heterocycles. The van der Waals surface area contributed by atoms with Crippen LogP contribution in [-0.2, 0) is 0 Å². The van der Waals surface area contributed by atoms with E-state index in [1.54, 1.807) is 12.1 Å². The number of aliphatic hydroxyl groups is 1. The lowest BCUT2D eigenvalue weighted by Gasteiger charge is -2.35. The number of benzene rings is 1. The SMILES string of the molecule is OCC[C@@H](c1ccc(O)cc1)N1CCNCC1. The van der Waals surface area contributed by atoms with Crippen LogP contribution in [0.5, 0.6) is 5.75 Å². The molecule has 1 fully saturated rings. The lowest BCUT2D eigenvalue weighted by molar-refractivity contribution is 0.141. The number of nitrogens with zero attached hydrogens (tertiary/aromatic N) is 1. The average Bonchev–Trinajstić information content (AvgIpc) is 2.38. The van der Waals surface area contributed by atoms with Crippen LogP contribution in [0.1, 0.15) is 18.0 Å². The molecule has 17 heavy (non-hydrogen) atoms. The van der Waals surface area contributed by atoms with Crippen LogP contribution < -0.4 is 5.32 Å². The van der Waals surface area contributed by atoms with Gasteiger partial charge in [-0.25, -0.2) is 0 Å². The third-order valence-corrected chi connectivity index (χ3v) is 3.27. The van der Waals surface area contributed by atoms with Gasteiger partial charge in [0.25, 0.3) is 0 Å². The predicted molar refractivity (Wildman–Crippen MR) is 67.0 cm³/mol. The van der Waals surface area contributed by atoms with Gasteiger partial charge >= 0.3 is 0 Å². The van der Waals surface area contributed by atoms with Crippen molar-refractivity contribution in [3.05, 3.63) is 29.8 Å². The van der Waals surface area contributed by atoms with Crippen LogP contribution in [0.15, 0.2) is 24.3 Å². The Morgan fingerprint density at radius 2 is 1.82 bits per heavy atom. The van der Waals surface area contributed by atoms with Crippen molar-refractivity contribution in [2.24, 2.45) is 0 Å². The van der Waals surface area contributed by atoms with Crippen LogP contribution >= 0.6 is 0 Å². The van der Waals surface area contributed by atoms with Gasteiger partial charge in [0, 0.05) is 38.8 Å². The van der Waals surface area contributed by atoms with E-state index in [0.717, 1.165) is 32.6 Å². The van der Waals surface area contributed by atoms with Crippen molar-refractivity contribution < 1.29 is 10.2 Å². The van der Waals surface area contributed by atoms with Gasteiger partial charge in [-0.3, -0.25) is 4.90 Å². The maximum Gasteiger partial charge on any atom is 0.115 e. The number of phenols is 1. The molecule has 0 amide bonds. The van der Waals surface area contributed by atoms with E-state index in [9.17, 15) is 10.2 Å². The fourth-order valence-electron chi connectivity index (χ4n) is 2.37. The summed E-state index contributed by atoms with van der Waals surface area (Å²) in [6.07, 6.45) is 0.741. The molecule has 0 unspecified atom stereocenters. The number of aliphatic hydroxyl groups excluding tert-OH is 1. The Morgan fingerprint density at radius 1 is 1.18 bits per heavy atom. The van der Waals surface area contributed by atoms with Gasteiger partial charge in [-0.2, -0.15) is 0 Å². The zero-order chi connectivity index (χ0) is 12.1. The Balaban J connectivity index is 2.12. The first-order valence-corrected chi connectivity index (χ1v) is 6.16. The second-order valence-corrected chi connectivity index (χ2v) is 4.41. The lowest BCUT2D eigenvalue weighted by atomic mass is 10.0. The molecule has 0 aromatic heterocycles. The standard InChI is InChI=1S/C13H20N2O2/c16-10-5-13(15-8-6-14-7-9-15)11-1-3-12(17)4-2-11/h1-4,13-14,16-17H,5-10H2/t13-/m0/s1. The Morgan fingerprint density at radius 3 is 2.41 bits per heavy atom. The first kappa shape index (κ1) is 12.4. The van der Waals surface area contributed by atoms with Gasteiger partial charge in [0.2, 0.25) is 0 Å². The molecule has 1 heterocycles. The summed E-state index contributed by atoms with van der Waals surface area (Å²) < 4.78 is 0. The molecule has 3 N–H and O–H groups in total. The summed E-state index contributed by atoms with van der Waals surface area (Å²) in [5, 5.41) is 21.8. The summed E-state index contributed by atoms with van der Waals surface area (Å²) in [7, 11) is 0. The van der Waals surface area contributed by atoms with Gasteiger partial charge in [-0.1, -0.05) is 12.1 Å². The van der Waals surface area contributed by atoms with Gasteiger partial charge in [0.05, 0.1) is 0 Å². The number of aromatic hydroxyl groups is 1. The van der Waals surface area contributed by atoms with Crippen LogP contribution in [0.4, 0.5) is 0 Å². The van der Waals surface area contributed by atoms with Crippen LogP contribution in [-0.4, -0.2) is 47.9 Å². The first-order valence-electron chi connectivity index (χ1n) is 6.16. The summed E-state index contributed by atoms with van der Waals surface area (Å²) in [4.78, 5) is 2.39. The number of hydrogen-bond donors (Lipinski definition) is 3. The molecule has 1 atom stereocenters. The number of hydrogen-bond acceptors (Lipinski definition) is 4. The number of nitrogens with one attached hydrogen (secondary N) is 1. The molecule has 1 aliphatic rings. The first-order chi connectivity index (χ1) is 8.31. The molecule has 94 valence electrons. The lowest BCUT2D eigenvalue weighted by Crippen LogP contribution is -2.45. The molecular weight excluding hydrogens is 216 g/mol. The third-order valence-electron chi connectivity index (χ3n) is 3.27. The van der Waals surface area contributed by atoms with Crippen molar-refractivity contribution >= 4 is 0 Å². The molecule has 4 heteroatoms. The maximum absolute atomic E-state index is 9.31. The quantitative estimate of drug-likeness (QED) is 0.721. The van der Waals surface area contributed by atoms with Crippen molar-refractivity contribution in [1.82, 2.24) is 10.2 Å². The molecule has 0 spiro atoms. The van der Waals surface area contributed by atoms with E-state index in [4.69, 9.17) is 0 Å². The summed E-state index contributed by atoms with van der Waals surface area (Å²) in [5.41, 5.74) is 1.17. The van der Waals surface area contributed by atoms with Gasteiger partial charge in [-0.05, 0) is 24.1 Å². The normalized spacial score (nSPS) is 19.1. The van der Waals surface area contributed by atoms with Crippen LogP contribution in [0, 0.1) is 0 Å². The van der Waals surface area contributed by atoms with Gasteiger partial charge in [-0.15, -0.1) is 0 Å². The van der Waals surface area contributed by atoms with Crippen LogP contribution in [0.25, 0.3) is 0 Å². The molecule has 1 saturated heterocycles. The molecule has 0 saturated carbocycles. The van der Waals surface area contributed by atoms with E-state index in [1.165, 1.54) is 5.56 Å². The van der Waals surface area contributed by atoms with Crippen LogP contribution in [0.2, 0.25) is 0 Å². The topological polar surface area (TPSA) is 55.7 Å². The monoisotopic (exact) mass is 236 g/mol. The smallest absolute Gasteiger partial charge is 0.115 e. The van der Waals surface area contributed by atoms with Gasteiger partial charge in [0.1, 0.15) is 5.75 Å². The average molecular weight is 236 g/mol. The number of piperazine rings is 1. The molecular formula is C13H20N2O2. The van der Waals surface area contributed by atoms with E-state index in [2.05, 4.69) is 10.2 Å². The largest absolute Gasteiger partial charge is 0.508 e. The summed E-state index contributed by atoms with van der Waals surface area (Å²) in [5.74, 6) is 0.289. The third kappa shape index (κ3) is 3.19. The summed E-state index contributed by atoms with van der Waals surface area (Å²) >= 11 is 0. The highest BCUT2D eigenvalue weighted by Crippen LogP contribution is 2.25. The van der Waals surface area contributed by atoms with Gasteiger partial charge in [0.15, 0.2) is 0 Å². The minimum atomic E-state index is 0.190. The molecule has 1 aromatic rings. The highest BCUT2D eigenvalue weighted by atomic mass is 16.3. The second kappa shape index (κ2) is 6.00. The number of rotatable bonds is 4. The maximum atomic E-state index is 9.31. The molecule has 0 radical (unpaired) electrons.